The first-order valence-electron chi connectivity index (χ1n) is 3.66. The van der Waals surface area contributed by atoms with Crippen molar-refractivity contribution in [3.05, 3.63) is 0 Å². The summed E-state index contributed by atoms with van der Waals surface area (Å²) in [7, 11) is 0. The highest BCUT2D eigenvalue weighted by Crippen LogP contribution is 2.14. The molecule has 1 amide bonds. The molecule has 1 fully saturated rings. The van der Waals surface area contributed by atoms with E-state index < -0.39 is 17.9 Å². The van der Waals surface area contributed by atoms with Crippen molar-refractivity contribution < 1.29 is 19.5 Å². The Morgan fingerprint density at radius 3 is 2.67 bits per heavy atom. The molecule has 66 valence electrons. The first-order chi connectivity index (χ1) is 5.66. The van der Waals surface area contributed by atoms with Crippen molar-refractivity contribution in [2.45, 2.75) is 18.9 Å². The third-order valence-electron chi connectivity index (χ3n) is 1.90. The van der Waals surface area contributed by atoms with E-state index in [0.29, 0.717) is 25.7 Å². The van der Waals surface area contributed by atoms with Crippen LogP contribution in [-0.4, -0.2) is 40.8 Å². The lowest BCUT2D eigenvalue weighted by Gasteiger charge is -2.16. The summed E-state index contributed by atoms with van der Waals surface area (Å²) in [5, 5.41) is 8.35. The number of carbonyl (C=O) groups excluding carboxylic acids is 2. The molecule has 1 aliphatic heterocycles. The molecule has 1 heterocycles. The lowest BCUT2D eigenvalue weighted by Crippen LogP contribution is -2.40. The van der Waals surface area contributed by atoms with Crippen LogP contribution in [0.15, 0.2) is 0 Å². The van der Waals surface area contributed by atoms with E-state index in [-0.39, 0.29) is 0 Å². The summed E-state index contributed by atoms with van der Waals surface area (Å²) in [6, 6.07) is -0.534. The Hall–Kier alpha value is -1.39. The predicted molar refractivity (Wildman–Crippen MR) is 38.4 cm³/mol. The fraction of sp³-hybridized carbons (Fsp3) is 0.571. The average molecular weight is 171 g/mol. The summed E-state index contributed by atoms with van der Waals surface area (Å²) < 4.78 is 0. The first kappa shape index (κ1) is 8.70. The van der Waals surface area contributed by atoms with Crippen LogP contribution in [0.2, 0.25) is 0 Å². The van der Waals surface area contributed by atoms with Gasteiger partial charge in [-0.3, -0.25) is 4.79 Å². The van der Waals surface area contributed by atoms with Gasteiger partial charge in [0.1, 0.15) is 6.29 Å². The van der Waals surface area contributed by atoms with Crippen LogP contribution in [0, 0.1) is 0 Å². The molecule has 1 rings (SSSR count). The molecule has 0 spiro atoms. The number of amides is 1. The molecular weight excluding hydrogens is 162 g/mol. The molecule has 5 heteroatoms. The van der Waals surface area contributed by atoms with E-state index in [4.69, 9.17) is 5.11 Å². The van der Waals surface area contributed by atoms with E-state index in [2.05, 4.69) is 0 Å². The Kier molecular flexibility index (Phi) is 2.42. The minimum absolute atomic E-state index is 0.370. The summed E-state index contributed by atoms with van der Waals surface area (Å²) in [5.41, 5.74) is 0. The molecule has 1 N–H and O–H groups in total. The Balaban J connectivity index is 2.67. The molecule has 1 saturated heterocycles. The minimum atomic E-state index is -1.50. The van der Waals surface area contributed by atoms with E-state index in [1.165, 1.54) is 0 Å². The van der Waals surface area contributed by atoms with Crippen molar-refractivity contribution in [1.29, 1.82) is 0 Å². The van der Waals surface area contributed by atoms with Crippen LogP contribution in [0.4, 0.5) is 0 Å². The zero-order valence-electron chi connectivity index (χ0n) is 6.40. The average Bonchev–Trinajstić information content (AvgIpc) is 2.49. The van der Waals surface area contributed by atoms with Gasteiger partial charge in [0, 0.05) is 6.54 Å². The number of rotatable bonds is 1. The summed E-state index contributed by atoms with van der Waals surface area (Å²) in [4.78, 5) is 32.6. The highest BCUT2D eigenvalue weighted by molar-refractivity contribution is 6.31. The SMILES string of the molecule is O=C[C@H]1CCCN1C(=O)C(=O)O. The van der Waals surface area contributed by atoms with Crippen LogP contribution in [-0.2, 0) is 14.4 Å². The summed E-state index contributed by atoms with van der Waals surface area (Å²) in [6.45, 7) is 0.370. The standard InChI is InChI=1S/C7H9NO4/c9-4-5-2-1-3-8(5)6(10)7(11)12/h4-5H,1-3H2,(H,11,12)/t5-/m1/s1. The number of aldehydes is 1. The third-order valence-corrected chi connectivity index (χ3v) is 1.90. The predicted octanol–water partition coefficient (Wildman–Crippen LogP) is -0.739. The van der Waals surface area contributed by atoms with Gasteiger partial charge in [0.25, 0.3) is 0 Å². The molecule has 0 aliphatic carbocycles. The number of nitrogens with zero attached hydrogens (tertiary/aromatic N) is 1. The summed E-state index contributed by atoms with van der Waals surface area (Å²) in [5.74, 6) is -2.48. The molecule has 1 aliphatic rings. The zero-order chi connectivity index (χ0) is 9.14. The van der Waals surface area contributed by atoms with Crippen LogP contribution in [0.3, 0.4) is 0 Å². The molecule has 0 unspecified atom stereocenters. The molecule has 0 bridgehead atoms. The highest BCUT2D eigenvalue weighted by atomic mass is 16.4. The minimum Gasteiger partial charge on any atom is -0.474 e. The van der Waals surface area contributed by atoms with Gasteiger partial charge < -0.3 is 14.8 Å². The fourth-order valence-corrected chi connectivity index (χ4v) is 1.31. The van der Waals surface area contributed by atoms with E-state index in [9.17, 15) is 14.4 Å². The quantitative estimate of drug-likeness (QED) is 0.416. The number of carboxylic acid groups (broad SMARTS) is 1. The smallest absolute Gasteiger partial charge is 0.394 e. The van der Waals surface area contributed by atoms with Crippen LogP contribution in [0.1, 0.15) is 12.8 Å². The molecule has 0 radical (unpaired) electrons. The van der Waals surface area contributed by atoms with Crippen molar-refractivity contribution >= 4 is 18.2 Å². The lowest BCUT2D eigenvalue weighted by molar-refractivity contribution is -0.156. The van der Waals surface area contributed by atoms with Gasteiger partial charge in [0.15, 0.2) is 0 Å². The zero-order valence-corrected chi connectivity index (χ0v) is 6.40. The van der Waals surface area contributed by atoms with Gasteiger partial charge in [-0.1, -0.05) is 0 Å². The lowest BCUT2D eigenvalue weighted by atomic mass is 10.2. The van der Waals surface area contributed by atoms with Crippen molar-refractivity contribution in [1.82, 2.24) is 4.90 Å². The molecule has 0 aromatic carbocycles. The Morgan fingerprint density at radius 2 is 2.17 bits per heavy atom. The second-order valence-electron chi connectivity index (χ2n) is 2.65. The molecule has 0 aromatic rings. The maximum atomic E-state index is 10.9. The molecule has 1 atom stereocenters. The first-order valence-corrected chi connectivity index (χ1v) is 3.66. The maximum Gasteiger partial charge on any atom is 0.394 e. The van der Waals surface area contributed by atoms with Crippen LogP contribution in [0.5, 0.6) is 0 Å². The van der Waals surface area contributed by atoms with Gasteiger partial charge in [0.05, 0.1) is 6.04 Å². The Labute approximate surface area is 69.0 Å². The van der Waals surface area contributed by atoms with E-state index in [1.54, 1.807) is 0 Å². The third kappa shape index (κ3) is 1.44. The second kappa shape index (κ2) is 3.34. The van der Waals surface area contributed by atoms with Crippen LogP contribution >= 0.6 is 0 Å². The van der Waals surface area contributed by atoms with E-state index in [1.807, 2.05) is 0 Å². The van der Waals surface area contributed by atoms with Crippen molar-refractivity contribution in [3.63, 3.8) is 0 Å². The van der Waals surface area contributed by atoms with Gasteiger partial charge in [-0.25, -0.2) is 4.79 Å². The number of carboxylic acids is 1. The van der Waals surface area contributed by atoms with Gasteiger partial charge in [0.2, 0.25) is 0 Å². The topological polar surface area (TPSA) is 74.7 Å². The fourth-order valence-electron chi connectivity index (χ4n) is 1.31. The number of likely N-dealkylation sites (tertiary alicyclic amines) is 1. The molecule has 12 heavy (non-hydrogen) atoms. The maximum absolute atomic E-state index is 10.9. The normalized spacial score (nSPS) is 22.3. The molecule has 5 nitrogen and oxygen atoms in total. The number of hydrogen-bond acceptors (Lipinski definition) is 3. The van der Waals surface area contributed by atoms with Gasteiger partial charge in [-0.2, -0.15) is 0 Å². The number of hydrogen-bond donors (Lipinski definition) is 1. The van der Waals surface area contributed by atoms with E-state index >= 15 is 0 Å². The van der Waals surface area contributed by atoms with Gasteiger partial charge in [-0.05, 0) is 12.8 Å². The largest absolute Gasteiger partial charge is 0.474 e. The van der Waals surface area contributed by atoms with Crippen LogP contribution in [0.25, 0.3) is 0 Å². The van der Waals surface area contributed by atoms with Crippen molar-refractivity contribution in [3.8, 4) is 0 Å². The van der Waals surface area contributed by atoms with Crippen molar-refractivity contribution in [2.24, 2.45) is 0 Å². The highest BCUT2D eigenvalue weighted by Gasteiger charge is 2.31. The Morgan fingerprint density at radius 1 is 1.50 bits per heavy atom. The molecule has 0 saturated carbocycles. The van der Waals surface area contributed by atoms with E-state index in [0.717, 1.165) is 4.90 Å². The van der Waals surface area contributed by atoms with Crippen LogP contribution < -0.4 is 0 Å². The van der Waals surface area contributed by atoms with Gasteiger partial charge in [-0.15, -0.1) is 0 Å². The monoisotopic (exact) mass is 171 g/mol. The number of aliphatic carboxylic acids is 1. The second-order valence-corrected chi connectivity index (χ2v) is 2.65. The number of carbonyl (C=O) groups is 3. The Bertz CT molecular complexity index is 225. The van der Waals surface area contributed by atoms with Gasteiger partial charge >= 0.3 is 11.9 Å². The molecular formula is C7H9NO4. The summed E-state index contributed by atoms with van der Waals surface area (Å²) in [6.07, 6.45) is 1.89. The summed E-state index contributed by atoms with van der Waals surface area (Å²) >= 11 is 0. The van der Waals surface area contributed by atoms with Crippen molar-refractivity contribution in [2.75, 3.05) is 6.54 Å². The molecule has 0 aromatic heterocycles.